The summed E-state index contributed by atoms with van der Waals surface area (Å²) in [7, 11) is 0. The molecule has 31 heavy (non-hydrogen) atoms. The number of nitrogens with zero attached hydrogens (tertiary/aromatic N) is 2. The summed E-state index contributed by atoms with van der Waals surface area (Å²) in [6.07, 6.45) is 2.57. The van der Waals surface area contributed by atoms with Gasteiger partial charge in [-0.25, -0.2) is 9.97 Å². The maximum absolute atomic E-state index is 13.0. The molecule has 2 unspecified atom stereocenters. The molecule has 5 nitrogen and oxygen atoms in total. The number of cyclic esters (lactones) is 1. The number of hydrogen-bond donors (Lipinski definition) is 0. The summed E-state index contributed by atoms with van der Waals surface area (Å²) < 4.78 is 6.02. The van der Waals surface area contributed by atoms with Crippen LogP contribution in [0.1, 0.15) is 94.0 Å². The van der Waals surface area contributed by atoms with E-state index in [-0.39, 0.29) is 24.0 Å². The minimum atomic E-state index is -0.787. The second-order valence-electron chi connectivity index (χ2n) is 9.48. The van der Waals surface area contributed by atoms with Crippen LogP contribution in [0.5, 0.6) is 0 Å². The van der Waals surface area contributed by atoms with Gasteiger partial charge < -0.3 is 4.74 Å². The Bertz CT molecular complexity index is 916. The monoisotopic (exact) mass is 462 g/mol. The molecule has 1 fully saturated rings. The number of ketones is 1. The molecular weight excluding hydrogens is 428 g/mol. The van der Waals surface area contributed by atoms with Gasteiger partial charge >= 0.3 is 5.97 Å². The van der Waals surface area contributed by atoms with Gasteiger partial charge in [0, 0.05) is 22.6 Å². The summed E-state index contributed by atoms with van der Waals surface area (Å²) in [5.74, 6) is 0.138. The Morgan fingerprint density at radius 1 is 0.968 bits per heavy atom. The summed E-state index contributed by atoms with van der Waals surface area (Å²) in [5.41, 5.74) is 1.25. The van der Waals surface area contributed by atoms with Crippen molar-refractivity contribution in [3.8, 4) is 0 Å². The molecule has 2 aromatic heterocycles. The highest BCUT2D eigenvalue weighted by atomic mass is 32.1. The number of hydrogen-bond acceptors (Lipinski definition) is 7. The maximum atomic E-state index is 13.0. The van der Waals surface area contributed by atoms with Crippen molar-refractivity contribution in [2.24, 2.45) is 11.8 Å². The first kappa shape index (κ1) is 24.1. The van der Waals surface area contributed by atoms with Crippen molar-refractivity contribution in [3.63, 3.8) is 0 Å². The van der Waals surface area contributed by atoms with Crippen LogP contribution < -0.4 is 0 Å². The van der Waals surface area contributed by atoms with Crippen molar-refractivity contribution >= 4 is 34.4 Å². The number of esters is 1. The lowest BCUT2D eigenvalue weighted by Crippen LogP contribution is -2.54. The van der Waals surface area contributed by atoms with Gasteiger partial charge in [0.25, 0.3) is 0 Å². The molecular formula is C24H34N2O3S2. The third-order valence-corrected chi connectivity index (χ3v) is 8.55. The van der Waals surface area contributed by atoms with Gasteiger partial charge in [-0.2, -0.15) is 0 Å². The van der Waals surface area contributed by atoms with Crippen LogP contribution in [0.25, 0.3) is 0 Å². The average molecular weight is 463 g/mol. The van der Waals surface area contributed by atoms with Gasteiger partial charge in [0.2, 0.25) is 0 Å². The third-order valence-electron chi connectivity index (χ3n) is 6.17. The number of rotatable bonds is 9. The van der Waals surface area contributed by atoms with Crippen LogP contribution in [0.15, 0.2) is 10.8 Å². The van der Waals surface area contributed by atoms with Crippen molar-refractivity contribution in [2.75, 3.05) is 0 Å². The van der Waals surface area contributed by atoms with Crippen LogP contribution in [-0.2, 0) is 27.2 Å². The van der Waals surface area contributed by atoms with E-state index in [4.69, 9.17) is 14.7 Å². The SMILES string of the molecule is CC(C)c1nc(CCC2C(=O)CC(=O)OC2(CCc2csc(C(C)C)n2)C(C)C)cs1. The van der Waals surface area contributed by atoms with Crippen LogP contribution in [0.2, 0.25) is 0 Å². The fourth-order valence-corrected chi connectivity index (χ4v) is 6.06. The number of carbonyl (C=O) groups is 2. The number of Topliss-reactive ketones (excluding diaryl/α,β-unsaturated/α-hetero) is 1. The zero-order valence-electron chi connectivity index (χ0n) is 19.4. The Kier molecular flexibility index (Phi) is 7.68. The Balaban J connectivity index is 1.80. The molecule has 0 amide bonds. The van der Waals surface area contributed by atoms with Crippen LogP contribution in [0.3, 0.4) is 0 Å². The number of ether oxygens (including phenoxy) is 1. The van der Waals surface area contributed by atoms with E-state index in [1.54, 1.807) is 22.7 Å². The molecule has 7 heteroatoms. The lowest BCUT2D eigenvalue weighted by atomic mass is 9.69. The highest BCUT2D eigenvalue weighted by molar-refractivity contribution is 7.10. The van der Waals surface area contributed by atoms with Crippen molar-refractivity contribution in [1.82, 2.24) is 9.97 Å². The summed E-state index contributed by atoms with van der Waals surface area (Å²) in [6.45, 7) is 12.7. The molecule has 170 valence electrons. The van der Waals surface area contributed by atoms with Crippen LogP contribution in [-0.4, -0.2) is 27.3 Å². The number of aryl methyl sites for hydroxylation is 2. The zero-order chi connectivity index (χ0) is 22.8. The Labute approximate surface area is 193 Å². The number of carbonyl (C=O) groups excluding carboxylic acids is 2. The molecule has 0 aliphatic carbocycles. The Hall–Kier alpha value is -1.60. The molecule has 1 aliphatic rings. The van der Waals surface area contributed by atoms with Gasteiger partial charge in [0.1, 0.15) is 12.0 Å². The second kappa shape index (κ2) is 9.90. The van der Waals surface area contributed by atoms with Crippen molar-refractivity contribution in [3.05, 3.63) is 32.2 Å². The van der Waals surface area contributed by atoms with E-state index in [9.17, 15) is 9.59 Å². The normalized spacial score (nSPS) is 22.0. The summed E-state index contributed by atoms with van der Waals surface area (Å²) >= 11 is 3.35. The molecule has 3 heterocycles. The molecule has 1 aliphatic heterocycles. The number of thiazole rings is 2. The fourth-order valence-electron chi connectivity index (χ4n) is 4.32. The van der Waals surface area contributed by atoms with Gasteiger partial charge in [0.05, 0.1) is 27.3 Å². The van der Waals surface area contributed by atoms with Crippen molar-refractivity contribution in [1.29, 1.82) is 0 Å². The molecule has 0 spiro atoms. The summed E-state index contributed by atoms with van der Waals surface area (Å²) in [5, 5.41) is 6.42. The van der Waals surface area contributed by atoms with Crippen LogP contribution in [0, 0.1) is 11.8 Å². The van der Waals surface area contributed by atoms with Crippen molar-refractivity contribution < 1.29 is 14.3 Å². The quantitative estimate of drug-likeness (QED) is 0.341. The highest BCUT2D eigenvalue weighted by Crippen LogP contribution is 2.42. The van der Waals surface area contributed by atoms with E-state index in [1.807, 2.05) is 0 Å². The van der Waals surface area contributed by atoms with E-state index in [2.05, 4.69) is 52.3 Å². The molecule has 0 aromatic carbocycles. The maximum Gasteiger partial charge on any atom is 0.313 e. The molecule has 2 aromatic rings. The van der Waals surface area contributed by atoms with Crippen LogP contribution >= 0.6 is 22.7 Å². The zero-order valence-corrected chi connectivity index (χ0v) is 21.1. The molecule has 0 radical (unpaired) electrons. The summed E-state index contributed by atoms with van der Waals surface area (Å²) in [4.78, 5) is 34.8. The van der Waals surface area contributed by atoms with E-state index in [1.165, 1.54) is 0 Å². The molecule has 1 saturated heterocycles. The standard InChI is InChI=1S/C24H34N2O3S2/c1-14(2)22-25-17(12-30-22)7-8-19-20(27)11-21(28)29-24(19,16(5)6)10-9-18-13-31-23(26-18)15(3)4/h12-16,19H,7-11H2,1-6H3. The lowest BCUT2D eigenvalue weighted by Gasteiger charge is -2.45. The van der Waals surface area contributed by atoms with E-state index in [0.29, 0.717) is 31.1 Å². The van der Waals surface area contributed by atoms with E-state index in [0.717, 1.165) is 27.8 Å². The van der Waals surface area contributed by atoms with Crippen molar-refractivity contribution in [2.45, 2.75) is 91.1 Å². The number of aromatic nitrogens is 2. The second-order valence-corrected chi connectivity index (χ2v) is 11.3. The van der Waals surface area contributed by atoms with Gasteiger partial charge in [-0.3, -0.25) is 9.59 Å². The third kappa shape index (κ3) is 5.43. The van der Waals surface area contributed by atoms with Gasteiger partial charge in [-0.05, 0) is 31.6 Å². The van der Waals surface area contributed by atoms with Gasteiger partial charge in [0.15, 0.2) is 5.78 Å². The molecule has 3 rings (SSSR count). The van der Waals surface area contributed by atoms with Crippen LogP contribution in [0.4, 0.5) is 0 Å². The first-order valence-corrected chi connectivity index (χ1v) is 13.0. The molecule has 0 saturated carbocycles. The molecule has 0 N–H and O–H groups in total. The predicted octanol–water partition coefficient (Wildman–Crippen LogP) is 5.94. The lowest BCUT2D eigenvalue weighted by molar-refractivity contribution is -0.188. The Morgan fingerprint density at radius 3 is 2.00 bits per heavy atom. The van der Waals surface area contributed by atoms with Gasteiger partial charge in [-0.1, -0.05) is 41.5 Å². The van der Waals surface area contributed by atoms with E-state index < -0.39 is 11.6 Å². The molecule has 0 bridgehead atoms. The topological polar surface area (TPSA) is 69.2 Å². The smallest absolute Gasteiger partial charge is 0.313 e. The first-order valence-electron chi connectivity index (χ1n) is 11.3. The minimum absolute atomic E-state index is 0.00501. The predicted molar refractivity (Wildman–Crippen MR) is 126 cm³/mol. The average Bonchev–Trinajstić information content (AvgIpc) is 3.35. The van der Waals surface area contributed by atoms with E-state index >= 15 is 0 Å². The largest absolute Gasteiger partial charge is 0.458 e. The summed E-state index contributed by atoms with van der Waals surface area (Å²) in [6, 6.07) is 0. The first-order chi connectivity index (χ1) is 14.6. The Morgan fingerprint density at radius 2 is 1.52 bits per heavy atom. The molecule has 2 atom stereocenters. The minimum Gasteiger partial charge on any atom is -0.458 e. The van der Waals surface area contributed by atoms with Gasteiger partial charge in [-0.15, -0.1) is 22.7 Å². The highest BCUT2D eigenvalue weighted by Gasteiger charge is 2.51. The fraction of sp³-hybridized carbons (Fsp3) is 0.667.